The van der Waals surface area contributed by atoms with Crippen LogP contribution < -0.4 is 16.0 Å². The van der Waals surface area contributed by atoms with Crippen LogP contribution in [0.5, 0.6) is 5.75 Å². The second kappa shape index (κ2) is 5.69. The standard InChI is InChI=1S/C14H17FN2OS/c1-8-6-9(2)12(10(15)7-8)13(17-16)14-11(18-3)4-5-19-14/h4-7,13,17H,16H2,1-3H3. The molecule has 0 saturated carbocycles. The minimum absolute atomic E-state index is 0.254. The molecule has 0 aliphatic rings. The zero-order chi connectivity index (χ0) is 14.0. The summed E-state index contributed by atoms with van der Waals surface area (Å²) in [7, 11) is 1.59. The Balaban J connectivity index is 2.54. The predicted octanol–water partition coefficient (Wildman–Crippen LogP) is 3.07. The van der Waals surface area contributed by atoms with E-state index in [-0.39, 0.29) is 5.82 Å². The molecule has 19 heavy (non-hydrogen) atoms. The van der Waals surface area contributed by atoms with Crippen molar-refractivity contribution in [3.8, 4) is 5.75 Å². The summed E-state index contributed by atoms with van der Waals surface area (Å²) < 4.78 is 19.5. The maximum atomic E-state index is 14.2. The summed E-state index contributed by atoms with van der Waals surface area (Å²) in [5.74, 6) is 6.09. The minimum Gasteiger partial charge on any atom is -0.496 e. The largest absolute Gasteiger partial charge is 0.496 e. The fraction of sp³-hybridized carbons (Fsp3) is 0.286. The van der Waals surface area contributed by atoms with Gasteiger partial charge in [-0.3, -0.25) is 5.84 Å². The van der Waals surface area contributed by atoms with Gasteiger partial charge in [0.25, 0.3) is 0 Å². The second-order valence-electron chi connectivity index (χ2n) is 4.43. The van der Waals surface area contributed by atoms with Crippen molar-refractivity contribution in [2.75, 3.05) is 7.11 Å². The van der Waals surface area contributed by atoms with Crippen molar-refractivity contribution >= 4 is 11.3 Å². The van der Waals surface area contributed by atoms with Gasteiger partial charge in [0.05, 0.1) is 18.0 Å². The summed E-state index contributed by atoms with van der Waals surface area (Å²) >= 11 is 1.49. The van der Waals surface area contributed by atoms with Crippen LogP contribution in [0, 0.1) is 19.7 Å². The predicted molar refractivity (Wildman–Crippen MR) is 75.9 cm³/mol. The number of thiophene rings is 1. The molecule has 2 rings (SSSR count). The lowest BCUT2D eigenvalue weighted by Crippen LogP contribution is -2.30. The second-order valence-corrected chi connectivity index (χ2v) is 5.38. The molecule has 1 aromatic carbocycles. The van der Waals surface area contributed by atoms with Crippen molar-refractivity contribution in [3.05, 3.63) is 51.0 Å². The van der Waals surface area contributed by atoms with Crippen LogP contribution in [0.2, 0.25) is 0 Å². The highest BCUT2D eigenvalue weighted by Gasteiger charge is 2.23. The van der Waals surface area contributed by atoms with E-state index in [0.29, 0.717) is 11.3 Å². The van der Waals surface area contributed by atoms with Crippen LogP contribution in [0.15, 0.2) is 23.6 Å². The highest BCUT2D eigenvalue weighted by atomic mass is 32.1. The minimum atomic E-state index is -0.407. The SMILES string of the molecule is COc1ccsc1C(NN)c1c(C)cc(C)cc1F. The first-order valence-electron chi connectivity index (χ1n) is 5.92. The van der Waals surface area contributed by atoms with Crippen molar-refractivity contribution < 1.29 is 9.13 Å². The molecule has 2 aromatic rings. The average molecular weight is 280 g/mol. The number of ether oxygens (including phenoxy) is 1. The molecule has 0 radical (unpaired) electrons. The molecule has 1 atom stereocenters. The molecule has 5 heteroatoms. The van der Waals surface area contributed by atoms with Crippen LogP contribution in [0.3, 0.4) is 0 Å². The van der Waals surface area contributed by atoms with Gasteiger partial charge < -0.3 is 4.74 Å². The van der Waals surface area contributed by atoms with Gasteiger partial charge in [0.15, 0.2) is 0 Å². The molecular weight excluding hydrogens is 263 g/mol. The maximum absolute atomic E-state index is 14.2. The van der Waals surface area contributed by atoms with E-state index in [1.165, 1.54) is 17.4 Å². The summed E-state index contributed by atoms with van der Waals surface area (Å²) in [5.41, 5.74) is 5.02. The van der Waals surface area contributed by atoms with Crippen LogP contribution in [0.4, 0.5) is 4.39 Å². The number of methoxy groups -OCH3 is 1. The quantitative estimate of drug-likeness (QED) is 0.668. The highest BCUT2D eigenvalue weighted by Crippen LogP contribution is 2.36. The van der Waals surface area contributed by atoms with E-state index in [1.807, 2.05) is 31.4 Å². The van der Waals surface area contributed by atoms with Gasteiger partial charge in [-0.15, -0.1) is 11.3 Å². The summed E-state index contributed by atoms with van der Waals surface area (Å²) in [6.45, 7) is 3.76. The lowest BCUT2D eigenvalue weighted by Gasteiger charge is -2.19. The molecule has 1 aromatic heterocycles. The fourth-order valence-corrected chi connectivity index (χ4v) is 3.20. The third kappa shape index (κ3) is 2.63. The lowest BCUT2D eigenvalue weighted by molar-refractivity contribution is 0.407. The van der Waals surface area contributed by atoms with Gasteiger partial charge in [0, 0.05) is 5.56 Å². The molecule has 3 N–H and O–H groups in total. The Hall–Kier alpha value is -1.43. The Bertz CT molecular complexity index is 560. The van der Waals surface area contributed by atoms with Gasteiger partial charge in [-0.05, 0) is 42.5 Å². The zero-order valence-electron chi connectivity index (χ0n) is 11.2. The average Bonchev–Trinajstić information content (AvgIpc) is 2.81. The Kier molecular flexibility index (Phi) is 4.19. The van der Waals surface area contributed by atoms with E-state index in [0.717, 1.165) is 16.0 Å². The first kappa shape index (κ1) is 14.0. The smallest absolute Gasteiger partial charge is 0.134 e. The molecule has 0 saturated heterocycles. The number of rotatable bonds is 4. The third-order valence-corrected chi connectivity index (χ3v) is 4.04. The lowest BCUT2D eigenvalue weighted by atomic mass is 9.97. The maximum Gasteiger partial charge on any atom is 0.134 e. The number of hydrogen-bond acceptors (Lipinski definition) is 4. The number of halogens is 1. The van der Waals surface area contributed by atoms with Gasteiger partial charge in [-0.25, -0.2) is 9.82 Å². The number of hydrogen-bond donors (Lipinski definition) is 2. The number of nitrogens with two attached hydrogens (primary N) is 1. The monoisotopic (exact) mass is 280 g/mol. The van der Waals surface area contributed by atoms with Crippen molar-refractivity contribution in [1.82, 2.24) is 5.43 Å². The van der Waals surface area contributed by atoms with E-state index in [2.05, 4.69) is 5.43 Å². The molecule has 0 amide bonds. The Morgan fingerprint density at radius 1 is 1.37 bits per heavy atom. The van der Waals surface area contributed by atoms with E-state index < -0.39 is 6.04 Å². The molecule has 0 aliphatic carbocycles. The molecule has 0 aliphatic heterocycles. The van der Waals surface area contributed by atoms with Crippen molar-refractivity contribution in [2.45, 2.75) is 19.9 Å². The topological polar surface area (TPSA) is 47.3 Å². The fourth-order valence-electron chi connectivity index (χ4n) is 2.27. The molecule has 102 valence electrons. The van der Waals surface area contributed by atoms with Crippen molar-refractivity contribution in [3.63, 3.8) is 0 Å². The number of benzene rings is 1. The normalized spacial score (nSPS) is 12.5. The highest BCUT2D eigenvalue weighted by molar-refractivity contribution is 7.10. The number of aryl methyl sites for hydroxylation is 2. The van der Waals surface area contributed by atoms with Crippen LogP contribution in [0.25, 0.3) is 0 Å². The number of hydrazine groups is 1. The van der Waals surface area contributed by atoms with E-state index >= 15 is 0 Å². The van der Waals surface area contributed by atoms with Gasteiger partial charge >= 0.3 is 0 Å². The molecule has 3 nitrogen and oxygen atoms in total. The summed E-state index contributed by atoms with van der Waals surface area (Å²) in [6, 6.07) is 4.91. The number of nitrogens with one attached hydrogen (secondary N) is 1. The zero-order valence-corrected chi connectivity index (χ0v) is 12.0. The van der Waals surface area contributed by atoms with E-state index in [4.69, 9.17) is 10.6 Å². The summed E-state index contributed by atoms with van der Waals surface area (Å²) in [4.78, 5) is 0.871. The summed E-state index contributed by atoms with van der Waals surface area (Å²) in [5, 5.41) is 1.90. The van der Waals surface area contributed by atoms with Crippen molar-refractivity contribution in [1.29, 1.82) is 0 Å². The molecular formula is C14H17FN2OS. The molecule has 1 unspecified atom stereocenters. The Morgan fingerprint density at radius 2 is 2.11 bits per heavy atom. The Labute approximate surface area is 116 Å². The third-order valence-electron chi connectivity index (χ3n) is 3.08. The van der Waals surface area contributed by atoms with Crippen LogP contribution in [-0.2, 0) is 0 Å². The van der Waals surface area contributed by atoms with Crippen LogP contribution in [0.1, 0.15) is 27.6 Å². The van der Waals surface area contributed by atoms with Crippen LogP contribution in [-0.4, -0.2) is 7.11 Å². The molecule has 0 fully saturated rings. The van der Waals surface area contributed by atoms with Gasteiger partial charge in [-0.1, -0.05) is 6.07 Å². The molecule has 1 heterocycles. The molecule has 0 bridgehead atoms. The van der Waals surface area contributed by atoms with E-state index in [9.17, 15) is 4.39 Å². The van der Waals surface area contributed by atoms with Gasteiger partial charge in [0.1, 0.15) is 11.6 Å². The first-order valence-corrected chi connectivity index (χ1v) is 6.80. The molecule has 0 spiro atoms. The first-order chi connectivity index (χ1) is 9.08. The van der Waals surface area contributed by atoms with Gasteiger partial charge in [0.2, 0.25) is 0 Å². The van der Waals surface area contributed by atoms with Gasteiger partial charge in [-0.2, -0.15) is 0 Å². The van der Waals surface area contributed by atoms with E-state index in [1.54, 1.807) is 7.11 Å². The van der Waals surface area contributed by atoms with Crippen molar-refractivity contribution in [2.24, 2.45) is 5.84 Å². The van der Waals surface area contributed by atoms with Crippen LogP contribution >= 0.6 is 11.3 Å². The Morgan fingerprint density at radius 3 is 2.68 bits per heavy atom. The summed E-state index contributed by atoms with van der Waals surface area (Å²) in [6.07, 6.45) is 0.